The van der Waals surface area contributed by atoms with Crippen molar-refractivity contribution in [2.24, 2.45) is 0 Å². The third-order valence-corrected chi connectivity index (χ3v) is 2.28. The van der Waals surface area contributed by atoms with Crippen LogP contribution in [-0.2, 0) is 0 Å². The quantitative estimate of drug-likeness (QED) is 0.658. The van der Waals surface area contributed by atoms with Crippen LogP contribution in [0.5, 0.6) is 0 Å². The van der Waals surface area contributed by atoms with Crippen LogP contribution in [0.1, 0.15) is 6.17 Å². The van der Waals surface area contributed by atoms with Crippen LogP contribution < -0.4 is 5.32 Å². The summed E-state index contributed by atoms with van der Waals surface area (Å²) in [7, 11) is 0. The second kappa shape index (κ2) is 5.43. The van der Waals surface area contributed by atoms with Crippen molar-refractivity contribution < 1.29 is 5.11 Å². The fourth-order valence-corrected chi connectivity index (χ4v) is 1.53. The van der Waals surface area contributed by atoms with Crippen molar-refractivity contribution >= 4 is 0 Å². The van der Waals surface area contributed by atoms with Crippen molar-refractivity contribution in [1.29, 1.82) is 0 Å². The number of hydrogen-bond donors (Lipinski definition) is 2. The molecule has 0 fully saturated rings. The summed E-state index contributed by atoms with van der Waals surface area (Å²) in [6.45, 7) is 1.37. The van der Waals surface area contributed by atoms with Gasteiger partial charge in [0, 0.05) is 37.9 Å². The maximum Gasteiger partial charge on any atom is 0.155 e. The summed E-state index contributed by atoms with van der Waals surface area (Å²) in [6, 6.07) is 3.76. The van der Waals surface area contributed by atoms with Gasteiger partial charge in [-0.05, 0) is 12.1 Å². The molecule has 0 saturated carbocycles. The van der Waals surface area contributed by atoms with Crippen molar-refractivity contribution in [3.8, 4) is 0 Å². The van der Waals surface area contributed by atoms with Gasteiger partial charge in [0.1, 0.15) is 0 Å². The van der Waals surface area contributed by atoms with Gasteiger partial charge in [-0.2, -0.15) is 10.2 Å². The van der Waals surface area contributed by atoms with E-state index in [9.17, 15) is 0 Å². The lowest BCUT2D eigenvalue weighted by Crippen LogP contribution is -2.32. The second-order valence-electron chi connectivity index (χ2n) is 3.38. The van der Waals surface area contributed by atoms with Crippen LogP contribution in [0.25, 0.3) is 0 Å². The molecule has 2 aromatic heterocycles. The molecule has 86 valence electrons. The van der Waals surface area contributed by atoms with Crippen LogP contribution >= 0.6 is 0 Å². The molecule has 0 saturated heterocycles. The average Bonchev–Trinajstić information content (AvgIpc) is 2.97. The van der Waals surface area contributed by atoms with E-state index in [1.165, 1.54) is 0 Å². The van der Waals surface area contributed by atoms with Crippen molar-refractivity contribution in [3.05, 3.63) is 36.9 Å². The Kier molecular flexibility index (Phi) is 3.68. The minimum Gasteiger partial charge on any atom is -0.395 e. The highest BCUT2D eigenvalue weighted by molar-refractivity contribution is 4.86. The zero-order valence-electron chi connectivity index (χ0n) is 8.90. The summed E-state index contributed by atoms with van der Waals surface area (Å²) in [6.07, 6.45) is 7.27. The lowest BCUT2D eigenvalue weighted by molar-refractivity contribution is 0.277. The number of aliphatic hydroxyl groups excluding tert-OH is 1. The minimum absolute atomic E-state index is 0.00319. The van der Waals surface area contributed by atoms with Crippen LogP contribution in [-0.4, -0.2) is 44.4 Å². The molecule has 0 aliphatic rings. The van der Waals surface area contributed by atoms with E-state index in [-0.39, 0.29) is 12.8 Å². The third-order valence-electron chi connectivity index (χ3n) is 2.28. The lowest BCUT2D eigenvalue weighted by atomic mass is 10.4. The van der Waals surface area contributed by atoms with E-state index in [0.29, 0.717) is 13.1 Å². The Morgan fingerprint density at radius 3 is 2.19 bits per heavy atom. The van der Waals surface area contributed by atoms with Gasteiger partial charge in [-0.15, -0.1) is 0 Å². The van der Waals surface area contributed by atoms with E-state index in [1.54, 1.807) is 12.4 Å². The van der Waals surface area contributed by atoms with Crippen LogP contribution in [0.15, 0.2) is 36.9 Å². The zero-order chi connectivity index (χ0) is 11.2. The smallest absolute Gasteiger partial charge is 0.155 e. The molecule has 2 N–H and O–H groups in total. The Bertz CT molecular complexity index is 349. The predicted octanol–water partition coefficient (Wildman–Crippen LogP) is -0.292. The molecule has 0 radical (unpaired) electrons. The molecule has 2 aromatic rings. The highest BCUT2D eigenvalue weighted by atomic mass is 16.3. The van der Waals surface area contributed by atoms with Crippen LogP contribution in [0, 0.1) is 0 Å². The Labute approximate surface area is 93.5 Å². The van der Waals surface area contributed by atoms with Crippen LogP contribution in [0.2, 0.25) is 0 Å². The van der Waals surface area contributed by atoms with Gasteiger partial charge < -0.3 is 10.4 Å². The molecular formula is C10H15N5O. The summed E-state index contributed by atoms with van der Waals surface area (Å²) in [5.74, 6) is 0. The molecule has 6 nitrogen and oxygen atoms in total. The third kappa shape index (κ3) is 2.47. The molecule has 16 heavy (non-hydrogen) atoms. The Morgan fingerprint density at radius 2 is 1.75 bits per heavy atom. The van der Waals surface area contributed by atoms with E-state index in [1.807, 2.05) is 33.9 Å². The standard InChI is InChI=1S/C10H15N5O/c16-8-5-11-9-10(14-6-1-3-12-14)15-7-2-4-13-15/h1-4,6-7,10-11,16H,5,8-9H2. The molecular weight excluding hydrogens is 206 g/mol. The highest BCUT2D eigenvalue weighted by Crippen LogP contribution is 2.05. The normalized spacial score (nSPS) is 11.1. The van der Waals surface area contributed by atoms with Crippen LogP contribution in [0.3, 0.4) is 0 Å². The predicted molar refractivity (Wildman–Crippen MR) is 58.8 cm³/mol. The summed E-state index contributed by atoms with van der Waals surface area (Å²) in [5, 5.41) is 20.3. The van der Waals surface area contributed by atoms with Gasteiger partial charge in [-0.1, -0.05) is 0 Å². The molecule has 0 aliphatic heterocycles. The van der Waals surface area contributed by atoms with Crippen LogP contribution in [0.4, 0.5) is 0 Å². The second-order valence-corrected chi connectivity index (χ2v) is 3.38. The molecule has 6 heteroatoms. The summed E-state index contributed by atoms with van der Waals surface area (Å²) in [5.41, 5.74) is 0. The Hall–Kier alpha value is -1.66. The zero-order valence-corrected chi connectivity index (χ0v) is 8.90. The van der Waals surface area contributed by atoms with Crippen molar-refractivity contribution in [2.75, 3.05) is 19.7 Å². The molecule has 0 atom stereocenters. The molecule has 0 amide bonds. The molecule has 0 bridgehead atoms. The van der Waals surface area contributed by atoms with Crippen molar-refractivity contribution in [2.45, 2.75) is 6.17 Å². The monoisotopic (exact) mass is 221 g/mol. The average molecular weight is 221 g/mol. The Morgan fingerprint density at radius 1 is 1.12 bits per heavy atom. The Balaban J connectivity index is 2.08. The number of nitrogens with one attached hydrogen (secondary N) is 1. The molecule has 0 spiro atoms. The van der Waals surface area contributed by atoms with Crippen molar-refractivity contribution in [1.82, 2.24) is 24.9 Å². The number of hydrogen-bond acceptors (Lipinski definition) is 4. The van der Waals surface area contributed by atoms with E-state index in [4.69, 9.17) is 5.11 Å². The first kappa shape index (κ1) is 10.8. The molecule has 0 aromatic carbocycles. The number of aliphatic hydroxyl groups is 1. The molecule has 2 rings (SSSR count). The largest absolute Gasteiger partial charge is 0.395 e. The van der Waals surface area contributed by atoms with Gasteiger partial charge in [0.25, 0.3) is 0 Å². The van der Waals surface area contributed by atoms with Gasteiger partial charge in [0.15, 0.2) is 6.17 Å². The van der Waals surface area contributed by atoms with Gasteiger partial charge >= 0.3 is 0 Å². The number of aromatic nitrogens is 4. The summed E-state index contributed by atoms with van der Waals surface area (Å²) >= 11 is 0. The number of rotatable bonds is 6. The minimum atomic E-state index is -0.00319. The molecule has 0 aliphatic carbocycles. The highest BCUT2D eigenvalue weighted by Gasteiger charge is 2.12. The maximum atomic E-state index is 8.73. The van der Waals surface area contributed by atoms with Gasteiger partial charge in [-0.25, -0.2) is 9.36 Å². The van der Waals surface area contributed by atoms with Gasteiger partial charge in [0.2, 0.25) is 0 Å². The topological polar surface area (TPSA) is 67.9 Å². The number of nitrogens with zero attached hydrogens (tertiary/aromatic N) is 4. The van der Waals surface area contributed by atoms with Crippen molar-refractivity contribution in [3.63, 3.8) is 0 Å². The van der Waals surface area contributed by atoms with Gasteiger partial charge in [-0.3, -0.25) is 0 Å². The van der Waals surface area contributed by atoms with E-state index in [2.05, 4.69) is 15.5 Å². The molecule has 2 heterocycles. The fourth-order valence-electron chi connectivity index (χ4n) is 1.53. The summed E-state index contributed by atoms with van der Waals surface area (Å²) in [4.78, 5) is 0. The first-order chi connectivity index (χ1) is 7.92. The lowest BCUT2D eigenvalue weighted by Gasteiger charge is -2.18. The maximum absolute atomic E-state index is 8.73. The van der Waals surface area contributed by atoms with E-state index in [0.717, 1.165) is 0 Å². The van der Waals surface area contributed by atoms with E-state index < -0.39 is 0 Å². The van der Waals surface area contributed by atoms with Gasteiger partial charge in [0.05, 0.1) is 6.61 Å². The first-order valence-electron chi connectivity index (χ1n) is 5.21. The first-order valence-corrected chi connectivity index (χ1v) is 5.21. The van der Waals surface area contributed by atoms with E-state index >= 15 is 0 Å². The molecule has 0 unspecified atom stereocenters. The fraction of sp³-hybridized carbons (Fsp3) is 0.400. The SMILES string of the molecule is OCCNCC(n1cccn1)n1cccn1. The summed E-state index contributed by atoms with van der Waals surface area (Å²) < 4.78 is 3.66.